The van der Waals surface area contributed by atoms with Crippen molar-refractivity contribution in [3.8, 4) is 0 Å². The number of pyridine rings is 1. The van der Waals surface area contributed by atoms with Crippen LogP contribution in [0.2, 0.25) is 0 Å². The Morgan fingerprint density at radius 1 is 1.53 bits per heavy atom. The van der Waals surface area contributed by atoms with Crippen molar-refractivity contribution in [1.29, 1.82) is 0 Å². The summed E-state index contributed by atoms with van der Waals surface area (Å²) in [7, 11) is 0. The molecule has 8 heteroatoms. The van der Waals surface area contributed by atoms with E-state index in [1.807, 2.05) is 0 Å². The minimum atomic E-state index is -0.456. The van der Waals surface area contributed by atoms with Gasteiger partial charge in [-0.1, -0.05) is 0 Å². The molecule has 88 valence electrons. The highest BCUT2D eigenvalue weighted by Crippen LogP contribution is 2.18. The Balaban J connectivity index is 2.07. The number of nitro groups is 1. The average Bonchev–Trinajstić information content (AvgIpc) is 2.78. The Morgan fingerprint density at radius 3 is 2.94 bits per heavy atom. The first-order valence-electron chi connectivity index (χ1n) is 4.86. The number of hydrogen-bond donors (Lipinski definition) is 2. The van der Waals surface area contributed by atoms with Gasteiger partial charge in [0.05, 0.1) is 11.5 Å². The zero-order valence-electron chi connectivity index (χ0n) is 9.04. The molecule has 2 rings (SSSR count). The molecule has 0 atom stereocenters. The van der Waals surface area contributed by atoms with E-state index in [0.29, 0.717) is 23.8 Å². The first kappa shape index (κ1) is 11.0. The molecule has 0 radical (unpaired) electrons. The second-order valence-electron chi connectivity index (χ2n) is 3.40. The van der Waals surface area contributed by atoms with Crippen molar-refractivity contribution in [3.05, 3.63) is 40.1 Å². The van der Waals surface area contributed by atoms with E-state index in [9.17, 15) is 10.1 Å². The minimum Gasteiger partial charge on any atom is -0.363 e. The van der Waals surface area contributed by atoms with E-state index in [1.54, 1.807) is 13.0 Å². The zero-order chi connectivity index (χ0) is 12.3. The smallest absolute Gasteiger partial charge is 0.290 e. The second-order valence-corrected chi connectivity index (χ2v) is 3.40. The summed E-state index contributed by atoms with van der Waals surface area (Å²) >= 11 is 0. The maximum absolute atomic E-state index is 10.6. The molecule has 0 aliphatic rings. The summed E-state index contributed by atoms with van der Waals surface area (Å²) in [5.74, 6) is 1.23. The van der Waals surface area contributed by atoms with E-state index >= 15 is 0 Å². The third kappa shape index (κ3) is 2.54. The minimum absolute atomic E-state index is 0.00946. The van der Waals surface area contributed by atoms with Crippen LogP contribution < -0.4 is 5.32 Å². The van der Waals surface area contributed by atoms with Crippen LogP contribution in [-0.2, 0) is 6.54 Å². The summed E-state index contributed by atoms with van der Waals surface area (Å²) in [6.07, 6.45) is 2.64. The SMILES string of the molecule is Cc1cc(NCc2ncn[nH]2)ncc1[N+](=O)[O-]. The van der Waals surface area contributed by atoms with E-state index in [-0.39, 0.29) is 5.69 Å². The fraction of sp³-hybridized carbons (Fsp3) is 0.222. The van der Waals surface area contributed by atoms with Gasteiger partial charge in [0, 0.05) is 5.56 Å². The van der Waals surface area contributed by atoms with Gasteiger partial charge >= 0.3 is 0 Å². The Bertz CT molecular complexity index is 524. The number of anilines is 1. The van der Waals surface area contributed by atoms with Crippen molar-refractivity contribution in [3.63, 3.8) is 0 Å². The number of rotatable bonds is 4. The molecule has 2 heterocycles. The van der Waals surface area contributed by atoms with Crippen LogP contribution in [0.4, 0.5) is 11.5 Å². The fourth-order valence-electron chi connectivity index (χ4n) is 1.33. The van der Waals surface area contributed by atoms with E-state index < -0.39 is 4.92 Å². The van der Waals surface area contributed by atoms with Crippen LogP contribution in [0, 0.1) is 17.0 Å². The molecule has 0 amide bonds. The Labute approximate surface area is 96.3 Å². The van der Waals surface area contributed by atoms with Gasteiger partial charge in [-0.05, 0) is 13.0 Å². The lowest BCUT2D eigenvalue weighted by Crippen LogP contribution is -2.04. The van der Waals surface area contributed by atoms with Gasteiger partial charge < -0.3 is 5.32 Å². The van der Waals surface area contributed by atoms with Crippen LogP contribution in [0.25, 0.3) is 0 Å². The highest BCUT2D eigenvalue weighted by atomic mass is 16.6. The predicted molar refractivity (Wildman–Crippen MR) is 59.3 cm³/mol. The number of aromatic nitrogens is 4. The second kappa shape index (κ2) is 4.56. The molecular formula is C9H10N6O2. The molecule has 8 nitrogen and oxygen atoms in total. The number of nitrogens with zero attached hydrogens (tertiary/aromatic N) is 4. The van der Waals surface area contributed by atoms with E-state index in [2.05, 4.69) is 25.5 Å². The van der Waals surface area contributed by atoms with E-state index in [0.717, 1.165) is 0 Å². The first-order valence-corrected chi connectivity index (χ1v) is 4.86. The van der Waals surface area contributed by atoms with E-state index in [1.165, 1.54) is 12.5 Å². The number of aryl methyl sites for hydroxylation is 1. The number of hydrogen-bond acceptors (Lipinski definition) is 6. The Morgan fingerprint density at radius 2 is 2.35 bits per heavy atom. The molecular weight excluding hydrogens is 224 g/mol. The van der Waals surface area contributed by atoms with Crippen LogP contribution in [0.5, 0.6) is 0 Å². The Kier molecular flexibility index (Phi) is 2.95. The zero-order valence-corrected chi connectivity index (χ0v) is 9.04. The van der Waals surface area contributed by atoms with Gasteiger partial charge in [0.25, 0.3) is 5.69 Å². The lowest BCUT2D eigenvalue weighted by molar-refractivity contribution is -0.385. The molecule has 2 aromatic rings. The molecule has 0 aliphatic heterocycles. The summed E-state index contributed by atoms with van der Waals surface area (Å²) in [6.45, 7) is 2.10. The molecule has 0 bridgehead atoms. The number of nitrogens with one attached hydrogen (secondary N) is 2. The van der Waals surface area contributed by atoms with Crippen molar-refractivity contribution in [2.75, 3.05) is 5.32 Å². The highest BCUT2D eigenvalue weighted by Gasteiger charge is 2.11. The lowest BCUT2D eigenvalue weighted by atomic mass is 10.2. The van der Waals surface area contributed by atoms with Gasteiger partial charge in [-0.3, -0.25) is 15.2 Å². The molecule has 17 heavy (non-hydrogen) atoms. The number of H-pyrrole nitrogens is 1. The van der Waals surface area contributed by atoms with Crippen LogP contribution in [0.15, 0.2) is 18.6 Å². The quantitative estimate of drug-likeness (QED) is 0.603. The highest BCUT2D eigenvalue weighted by molar-refractivity contribution is 5.46. The van der Waals surface area contributed by atoms with E-state index in [4.69, 9.17) is 0 Å². The predicted octanol–water partition coefficient (Wildman–Crippen LogP) is 1.03. The third-order valence-corrected chi connectivity index (χ3v) is 2.18. The summed E-state index contributed by atoms with van der Waals surface area (Å²) in [6, 6.07) is 1.62. The van der Waals surface area contributed by atoms with Gasteiger partial charge in [0.2, 0.25) is 0 Å². The van der Waals surface area contributed by atoms with Crippen LogP contribution in [0.1, 0.15) is 11.4 Å². The normalized spacial score (nSPS) is 10.2. The molecule has 0 saturated heterocycles. The molecule has 0 saturated carbocycles. The van der Waals surface area contributed by atoms with Crippen molar-refractivity contribution < 1.29 is 4.92 Å². The fourth-order valence-corrected chi connectivity index (χ4v) is 1.33. The van der Waals surface area contributed by atoms with Crippen molar-refractivity contribution in [2.24, 2.45) is 0 Å². The summed E-state index contributed by atoms with van der Waals surface area (Å²) in [5.41, 5.74) is 0.570. The topological polar surface area (TPSA) is 110 Å². The molecule has 2 aromatic heterocycles. The molecule has 0 fully saturated rings. The third-order valence-electron chi connectivity index (χ3n) is 2.18. The molecule has 0 aliphatic carbocycles. The van der Waals surface area contributed by atoms with Gasteiger partial charge in [-0.15, -0.1) is 0 Å². The standard InChI is InChI=1S/C9H10N6O2/c1-6-2-8(10-3-7(6)15(16)17)11-4-9-12-5-13-14-9/h2-3,5H,4H2,1H3,(H,10,11)(H,12,13,14). The summed E-state index contributed by atoms with van der Waals surface area (Å²) in [5, 5.41) is 20.0. The lowest BCUT2D eigenvalue weighted by Gasteiger charge is -2.04. The molecule has 0 spiro atoms. The van der Waals surface area contributed by atoms with Gasteiger partial charge in [0.15, 0.2) is 0 Å². The largest absolute Gasteiger partial charge is 0.363 e. The summed E-state index contributed by atoms with van der Waals surface area (Å²) in [4.78, 5) is 18.0. The monoisotopic (exact) mass is 234 g/mol. The molecule has 0 aromatic carbocycles. The maximum atomic E-state index is 10.6. The molecule has 0 unspecified atom stereocenters. The number of aromatic amines is 1. The Hall–Kier alpha value is -2.51. The first-order chi connectivity index (χ1) is 8.16. The van der Waals surface area contributed by atoms with Crippen LogP contribution in [-0.4, -0.2) is 25.1 Å². The average molecular weight is 234 g/mol. The van der Waals surface area contributed by atoms with Gasteiger partial charge in [-0.25, -0.2) is 9.97 Å². The summed E-state index contributed by atoms with van der Waals surface area (Å²) < 4.78 is 0. The van der Waals surface area contributed by atoms with Crippen molar-refractivity contribution >= 4 is 11.5 Å². The molecule has 2 N–H and O–H groups in total. The van der Waals surface area contributed by atoms with Crippen molar-refractivity contribution in [2.45, 2.75) is 13.5 Å². The van der Waals surface area contributed by atoms with Crippen molar-refractivity contribution in [1.82, 2.24) is 20.2 Å². The maximum Gasteiger partial charge on any atom is 0.290 e. The van der Waals surface area contributed by atoms with Gasteiger partial charge in [-0.2, -0.15) is 5.10 Å². The van der Waals surface area contributed by atoms with Crippen LogP contribution in [0.3, 0.4) is 0 Å². The van der Waals surface area contributed by atoms with Crippen LogP contribution >= 0.6 is 0 Å². The van der Waals surface area contributed by atoms with Gasteiger partial charge in [0.1, 0.15) is 24.2 Å².